The molecule has 0 aliphatic carbocycles. The van der Waals surface area contributed by atoms with Gasteiger partial charge in [0.15, 0.2) is 12.4 Å². The van der Waals surface area contributed by atoms with Crippen molar-refractivity contribution >= 4 is 44.6 Å². The molecule has 0 bridgehead atoms. The third kappa shape index (κ3) is 5.34. The second-order valence-electron chi connectivity index (χ2n) is 6.72. The van der Waals surface area contributed by atoms with Gasteiger partial charge in [-0.3, -0.25) is 19.7 Å². The summed E-state index contributed by atoms with van der Waals surface area (Å²) in [4.78, 5) is 39.5. The Labute approximate surface area is 196 Å². The Morgan fingerprint density at radius 1 is 1.30 bits per heavy atom. The number of ether oxygens (including phenoxy) is 2. The SMILES string of the molecule is CCOc1cc(C=Nn2c(CC)nc3ccc(Br)cc3c2=O)cc([N+](=O)[O-])c1OCC(N)=O. The van der Waals surface area contributed by atoms with E-state index >= 15 is 0 Å². The maximum absolute atomic E-state index is 13.0. The molecule has 2 N–H and O–H groups in total. The van der Waals surface area contributed by atoms with Gasteiger partial charge in [0.25, 0.3) is 11.5 Å². The van der Waals surface area contributed by atoms with E-state index in [2.05, 4.69) is 26.0 Å². The smallest absolute Gasteiger partial charge is 0.315 e. The molecule has 3 aromatic rings. The molecule has 1 amide bonds. The summed E-state index contributed by atoms with van der Waals surface area (Å²) in [7, 11) is 0. The Morgan fingerprint density at radius 2 is 2.06 bits per heavy atom. The van der Waals surface area contributed by atoms with Gasteiger partial charge >= 0.3 is 5.69 Å². The van der Waals surface area contributed by atoms with Crippen molar-refractivity contribution in [3.63, 3.8) is 0 Å². The molecule has 0 aliphatic heterocycles. The molecule has 1 heterocycles. The zero-order valence-electron chi connectivity index (χ0n) is 17.8. The number of nitro benzene ring substituents is 1. The fourth-order valence-electron chi connectivity index (χ4n) is 3.04. The molecular weight excluding hydrogens is 498 g/mol. The molecule has 0 spiro atoms. The molecule has 0 unspecified atom stereocenters. The lowest BCUT2D eigenvalue weighted by Gasteiger charge is -2.12. The number of carbonyl (C=O) groups excluding carboxylic acids is 1. The quantitative estimate of drug-likeness (QED) is 0.260. The third-order valence-corrected chi connectivity index (χ3v) is 4.92. The molecule has 2 aromatic carbocycles. The minimum Gasteiger partial charge on any atom is -0.490 e. The molecule has 11 nitrogen and oxygen atoms in total. The lowest BCUT2D eigenvalue weighted by molar-refractivity contribution is -0.385. The lowest BCUT2D eigenvalue weighted by atomic mass is 10.2. The first kappa shape index (κ1) is 23.9. The maximum Gasteiger partial charge on any atom is 0.315 e. The normalized spacial score (nSPS) is 11.1. The topological polar surface area (TPSA) is 152 Å². The van der Waals surface area contributed by atoms with Crippen molar-refractivity contribution in [2.75, 3.05) is 13.2 Å². The van der Waals surface area contributed by atoms with Gasteiger partial charge in [-0.1, -0.05) is 22.9 Å². The number of rotatable bonds is 9. The number of nitrogens with two attached hydrogens (primary N) is 1. The van der Waals surface area contributed by atoms with Crippen molar-refractivity contribution in [2.24, 2.45) is 10.8 Å². The van der Waals surface area contributed by atoms with E-state index in [0.717, 1.165) is 9.15 Å². The number of nitrogens with zero attached hydrogens (tertiary/aromatic N) is 4. The van der Waals surface area contributed by atoms with Crippen LogP contribution in [0.5, 0.6) is 11.5 Å². The van der Waals surface area contributed by atoms with Gasteiger partial charge in [-0.2, -0.15) is 9.78 Å². The lowest BCUT2D eigenvalue weighted by Crippen LogP contribution is -2.22. The van der Waals surface area contributed by atoms with Gasteiger partial charge in [0.1, 0.15) is 5.82 Å². The van der Waals surface area contributed by atoms with Crippen LogP contribution >= 0.6 is 15.9 Å². The van der Waals surface area contributed by atoms with Crippen LogP contribution < -0.4 is 20.8 Å². The Hall–Kier alpha value is -3.80. The summed E-state index contributed by atoms with van der Waals surface area (Å²) < 4.78 is 12.6. The van der Waals surface area contributed by atoms with E-state index in [0.29, 0.717) is 23.1 Å². The summed E-state index contributed by atoms with van der Waals surface area (Å²) in [6, 6.07) is 7.83. The first-order valence-electron chi connectivity index (χ1n) is 9.87. The van der Waals surface area contributed by atoms with Crippen LogP contribution in [0.3, 0.4) is 0 Å². The number of aromatic nitrogens is 2. The number of halogens is 1. The van der Waals surface area contributed by atoms with Gasteiger partial charge in [-0.05, 0) is 31.2 Å². The van der Waals surface area contributed by atoms with E-state index < -0.39 is 23.1 Å². The molecule has 33 heavy (non-hydrogen) atoms. The van der Waals surface area contributed by atoms with Crippen molar-refractivity contribution in [1.29, 1.82) is 0 Å². The van der Waals surface area contributed by atoms with Crippen LogP contribution in [-0.2, 0) is 11.2 Å². The molecule has 0 aliphatic rings. The maximum atomic E-state index is 13.0. The fourth-order valence-corrected chi connectivity index (χ4v) is 3.40. The average molecular weight is 518 g/mol. The highest BCUT2D eigenvalue weighted by Crippen LogP contribution is 2.38. The highest BCUT2D eigenvalue weighted by Gasteiger charge is 2.23. The van der Waals surface area contributed by atoms with Gasteiger partial charge in [-0.15, -0.1) is 0 Å². The Balaban J connectivity index is 2.12. The molecule has 3 rings (SSSR count). The number of fused-ring (bicyclic) bond motifs is 1. The monoisotopic (exact) mass is 517 g/mol. The fraction of sp³-hybridized carbons (Fsp3) is 0.238. The molecule has 0 saturated carbocycles. The summed E-state index contributed by atoms with van der Waals surface area (Å²) >= 11 is 3.34. The zero-order valence-corrected chi connectivity index (χ0v) is 19.4. The Kier molecular flexibility index (Phi) is 7.38. The Morgan fingerprint density at radius 3 is 2.70 bits per heavy atom. The van der Waals surface area contributed by atoms with E-state index in [4.69, 9.17) is 15.2 Å². The molecule has 12 heteroatoms. The predicted molar refractivity (Wildman–Crippen MR) is 125 cm³/mol. The molecule has 1 aromatic heterocycles. The predicted octanol–water partition coefficient (Wildman–Crippen LogP) is 2.77. The number of benzene rings is 2. The van der Waals surface area contributed by atoms with E-state index in [1.807, 2.05) is 6.92 Å². The van der Waals surface area contributed by atoms with Gasteiger partial charge < -0.3 is 15.2 Å². The van der Waals surface area contributed by atoms with Crippen LogP contribution in [0.2, 0.25) is 0 Å². The minimum atomic E-state index is -0.792. The number of aryl methyl sites for hydroxylation is 1. The van der Waals surface area contributed by atoms with Crippen molar-refractivity contribution in [3.8, 4) is 11.5 Å². The van der Waals surface area contributed by atoms with E-state index in [9.17, 15) is 19.7 Å². The highest BCUT2D eigenvalue weighted by atomic mass is 79.9. The van der Waals surface area contributed by atoms with Crippen molar-refractivity contribution in [2.45, 2.75) is 20.3 Å². The second-order valence-corrected chi connectivity index (χ2v) is 7.63. The molecule has 0 saturated heterocycles. The van der Waals surface area contributed by atoms with E-state index in [1.165, 1.54) is 18.3 Å². The van der Waals surface area contributed by atoms with E-state index in [-0.39, 0.29) is 29.2 Å². The first-order valence-corrected chi connectivity index (χ1v) is 10.7. The van der Waals surface area contributed by atoms with Crippen molar-refractivity contribution in [3.05, 3.63) is 66.7 Å². The molecule has 172 valence electrons. The van der Waals surface area contributed by atoms with Crippen LogP contribution in [0.15, 0.2) is 44.7 Å². The number of hydrogen-bond acceptors (Lipinski definition) is 8. The summed E-state index contributed by atoms with van der Waals surface area (Å²) in [5, 5.41) is 16.2. The molecular formula is C21H20BrN5O6. The molecule has 0 atom stereocenters. The molecule has 0 radical (unpaired) electrons. The average Bonchev–Trinajstić information content (AvgIpc) is 2.77. The van der Waals surface area contributed by atoms with Gasteiger partial charge in [0.2, 0.25) is 5.75 Å². The van der Waals surface area contributed by atoms with Gasteiger partial charge in [-0.25, -0.2) is 4.98 Å². The van der Waals surface area contributed by atoms with Crippen LogP contribution in [0.4, 0.5) is 5.69 Å². The van der Waals surface area contributed by atoms with Crippen LogP contribution in [0.1, 0.15) is 25.2 Å². The summed E-state index contributed by atoms with van der Waals surface area (Å²) in [6.07, 6.45) is 1.72. The van der Waals surface area contributed by atoms with Crippen molar-refractivity contribution in [1.82, 2.24) is 9.66 Å². The summed E-state index contributed by atoms with van der Waals surface area (Å²) in [5.74, 6) is -0.550. The summed E-state index contributed by atoms with van der Waals surface area (Å²) in [5.41, 5.74) is 5.09. The van der Waals surface area contributed by atoms with Crippen LogP contribution in [0, 0.1) is 10.1 Å². The summed E-state index contributed by atoms with van der Waals surface area (Å²) in [6.45, 7) is 3.16. The zero-order chi connectivity index (χ0) is 24.1. The van der Waals surface area contributed by atoms with Crippen LogP contribution in [-0.4, -0.2) is 39.9 Å². The van der Waals surface area contributed by atoms with Crippen LogP contribution in [0.25, 0.3) is 10.9 Å². The number of nitro groups is 1. The first-order chi connectivity index (χ1) is 15.7. The van der Waals surface area contributed by atoms with Gasteiger partial charge in [0, 0.05) is 22.5 Å². The largest absolute Gasteiger partial charge is 0.490 e. The minimum absolute atomic E-state index is 0.0398. The third-order valence-electron chi connectivity index (χ3n) is 4.43. The molecule has 0 fully saturated rings. The number of primary amides is 1. The number of amides is 1. The van der Waals surface area contributed by atoms with Gasteiger partial charge in [0.05, 0.1) is 28.6 Å². The standard InChI is InChI=1S/C21H20BrN5O6/c1-3-19-25-15-6-5-13(22)9-14(15)21(29)26(19)24-10-12-7-16(27(30)31)20(33-11-18(23)28)17(8-12)32-4-2/h5-10H,3-4,11H2,1-2H3,(H2,23,28). The highest BCUT2D eigenvalue weighted by molar-refractivity contribution is 9.10. The van der Waals surface area contributed by atoms with Crippen molar-refractivity contribution < 1.29 is 19.2 Å². The second kappa shape index (κ2) is 10.2. The number of carbonyl (C=O) groups is 1. The van der Waals surface area contributed by atoms with E-state index in [1.54, 1.807) is 25.1 Å². The number of hydrogen-bond donors (Lipinski definition) is 1. The Bertz CT molecular complexity index is 1320.